The molecule has 1 aliphatic heterocycles. The highest BCUT2D eigenvalue weighted by Crippen LogP contribution is 2.09. The van der Waals surface area contributed by atoms with Crippen molar-refractivity contribution < 1.29 is 9.53 Å². The van der Waals surface area contributed by atoms with Crippen LogP contribution in [0.2, 0.25) is 0 Å². The number of ether oxygens (including phenoxy) is 1. The number of nitrogens with one attached hydrogen (secondary N) is 1. The minimum absolute atomic E-state index is 0.0545. The molecule has 88 valence electrons. The molecule has 16 heavy (non-hydrogen) atoms. The van der Waals surface area contributed by atoms with Crippen LogP contribution in [-0.4, -0.2) is 34.9 Å². The first-order chi connectivity index (χ1) is 7.68. The number of nitrogens with zero attached hydrogens (tertiary/aromatic N) is 2. The Morgan fingerprint density at radius 1 is 1.69 bits per heavy atom. The second-order valence-corrected chi connectivity index (χ2v) is 4.15. The maximum absolute atomic E-state index is 11.9. The van der Waals surface area contributed by atoms with E-state index in [1.54, 1.807) is 10.9 Å². The number of aromatic nitrogens is 2. The molecular formula is C11H17N3O2. The number of aryl methyl sites for hydroxylation is 1. The Labute approximate surface area is 94.8 Å². The molecule has 1 aromatic rings. The van der Waals surface area contributed by atoms with E-state index in [1.807, 2.05) is 14.0 Å². The highest BCUT2D eigenvalue weighted by atomic mass is 16.5. The molecule has 2 rings (SSSR count). The molecular weight excluding hydrogens is 206 g/mol. The minimum Gasteiger partial charge on any atom is -0.379 e. The molecule has 0 aliphatic carbocycles. The van der Waals surface area contributed by atoms with Gasteiger partial charge in [0.15, 0.2) is 0 Å². The number of rotatable bonds is 2. The van der Waals surface area contributed by atoms with Gasteiger partial charge in [0.05, 0.1) is 24.4 Å². The van der Waals surface area contributed by atoms with Crippen LogP contribution in [0.5, 0.6) is 0 Å². The largest absolute Gasteiger partial charge is 0.379 e. The van der Waals surface area contributed by atoms with Gasteiger partial charge < -0.3 is 10.1 Å². The van der Waals surface area contributed by atoms with E-state index in [0.717, 1.165) is 25.1 Å². The van der Waals surface area contributed by atoms with Crippen molar-refractivity contribution in [1.82, 2.24) is 15.1 Å². The fourth-order valence-corrected chi connectivity index (χ4v) is 1.84. The lowest BCUT2D eigenvalue weighted by atomic mass is 10.1. The summed E-state index contributed by atoms with van der Waals surface area (Å²) in [7, 11) is 1.83. The zero-order valence-corrected chi connectivity index (χ0v) is 9.69. The predicted molar refractivity (Wildman–Crippen MR) is 59.3 cm³/mol. The summed E-state index contributed by atoms with van der Waals surface area (Å²) in [6.07, 6.45) is 3.61. The van der Waals surface area contributed by atoms with E-state index in [-0.39, 0.29) is 11.9 Å². The van der Waals surface area contributed by atoms with Crippen LogP contribution in [-0.2, 0) is 11.8 Å². The third kappa shape index (κ3) is 2.24. The van der Waals surface area contributed by atoms with Crippen LogP contribution < -0.4 is 5.32 Å². The summed E-state index contributed by atoms with van der Waals surface area (Å²) in [6, 6.07) is 0.140. The molecule has 0 spiro atoms. The Morgan fingerprint density at radius 3 is 3.06 bits per heavy atom. The van der Waals surface area contributed by atoms with E-state index in [2.05, 4.69) is 10.4 Å². The number of carbonyl (C=O) groups is 1. The topological polar surface area (TPSA) is 56.1 Å². The molecule has 1 N–H and O–H groups in total. The third-order valence-corrected chi connectivity index (χ3v) is 2.98. The van der Waals surface area contributed by atoms with Gasteiger partial charge in [-0.1, -0.05) is 0 Å². The lowest BCUT2D eigenvalue weighted by Crippen LogP contribution is -2.40. The van der Waals surface area contributed by atoms with Crippen molar-refractivity contribution in [3.8, 4) is 0 Å². The van der Waals surface area contributed by atoms with Gasteiger partial charge in [-0.2, -0.15) is 5.10 Å². The van der Waals surface area contributed by atoms with Gasteiger partial charge in [-0.3, -0.25) is 9.48 Å². The maximum Gasteiger partial charge on any atom is 0.255 e. The van der Waals surface area contributed by atoms with Crippen LogP contribution in [0.15, 0.2) is 6.20 Å². The van der Waals surface area contributed by atoms with E-state index in [9.17, 15) is 4.79 Å². The molecule has 1 fully saturated rings. The van der Waals surface area contributed by atoms with E-state index >= 15 is 0 Å². The fraction of sp³-hybridized carbons (Fsp3) is 0.636. The predicted octanol–water partition coefficient (Wildman–Crippen LogP) is 0.637. The first-order valence-corrected chi connectivity index (χ1v) is 5.55. The molecule has 1 aromatic heterocycles. The molecule has 0 saturated carbocycles. The van der Waals surface area contributed by atoms with Gasteiger partial charge in [-0.05, 0) is 19.8 Å². The van der Waals surface area contributed by atoms with Crippen molar-refractivity contribution in [3.05, 3.63) is 17.5 Å². The van der Waals surface area contributed by atoms with Crippen LogP contribution in [0.4, 0.5) is 0 Å². The summed E-state index contributed by atoms with van der Waals surface area (Å²) < 4.78 is 7.02. The van der Waals surface area contributed by atoms with Crippen molar-refractivity contribution >= 4 is 5.91 Å². The van der Waals surface area contributed by atoms with E-state index in [1.165, 1.54) is 0 Å². The SMILES string of the molecule is Cc1c(C(=O)N[C@@H]2CCCOC2)cnn1C. The van der Waals surface area contributed by atoms with Crippen molar-refractivity contribution in [1.29, 1.82) is 0 Å². The molecule has 0 aromatic carbocycles. The maximum atomic E-state index is 11.9. The first-order valence-electron chi connectivity index (χ1n) is 5.55. The Hall–Kier alpha value is -1.36. The van der Waals surface area contributed by atoms with Crippen molar-refractivity contribution in [2.75, 3.05) is 13.2 Å². The standard InChI is InChI=1S/C11H17N3O2/c1-8-10(6-12-14(8)2)11(15)13-9-4-3-5-16-7-9/h6,9H,3-5,7H2,1-2H3,(H,13,15)/t9-/m1/s1. The second kappa shape index (κ2) is 4.65. The minimum atomic E-state index is -0.0545. The zero-order valence-electron chi connectivity index (χ0n) is 9.69. The molecule has 5 nitrogen and oxygen atoms in total. The van der Waals surface area contributed by atoms with Crippen LogP contribution in [0.3, 0.4) is 0 Å². The van der Waals surface area contributed by atoms with E-state index in [4.69, 9.17) is 4.74 Å². The summed E-state index contributed by atoms with van der Waals surface area (Å²) in [5, 5.41) is 7.03. The van der Waals surface area contributed by atoms with Gasteiger partial charge in [0.2, 0.25) is 0 Å². The molecule has 5 heteroatoms. The summed E-state index contributed by atoms with van der Waals surface area (Å²) in [4.78, 5) is 11.9. The fourth-order valence-electron chi connectivity index (χ4n) is 1.84. The molecule has 0 unspecified atom stereocenters. The Kier molecular flexibility index (Phi) is 3.24. The number of carbonyl (C=O) groups excluding carboxylic acids is 1. The number of hydrogen-bond acceptors (Lipinski definition) is 3. The van der Waals surface area contributed by atoms with Crippen LogP contribution in [0, 0.1) is 6.92 Å². The molecule has 1 aliphatic rings. The Balaban J connectivity index is 1.99. The highest BCUT2D eigenvalue weighted by molar-refractivity contribution is 5.95. The summed E-state index contributed by atoms with van der Waals surface area (Å²) in [5.41, 5.74) is 1.53. The van der Waals surface area contributed by atoms with Gasteiger partial charge in [-0.15, -0.1) is 0 Å². The molecule has 0 bridgehead atoms. The molecule has 2 heterocycles. The zero-order chi connectivity index (χ0) is 11.5. The van der Waals surface area contributed by atoms with Crippen LogP contribution >= 0.6 is 0 Å². The normalized spacial score (nSPS) is 20.8. The number of amides is 1. The molecule has 0 radical (unpaired) electrons. The van der Waals surface area contributed by atoms with Crippen molar-refractivity contribution in [2.24, 2.45) is 7.05 Å². The molecule has 1 amide bonds. The smallest absolute Gasteiger partial charge is 0.255 e. The average Bonchev–Trinajstić information content (AvgIpc) is 2.61. The molecule has 1 atom stereocenters. The van der Waals surface area contributed by atoms with Crippen molar-refractivity contribution in [2.45, 2.75) is 25.8 Å². The van der Waals surface area contributed by atoms with Crippen LogP contribution in [0.1, 0.15) is 28.9 Å². The summed E-state index contributed by atoms with van der Waals surface area (Å²) >= 11 is 0. The summed E-state index contributed by atoms with van der Waals surface area (Å²) in [6.45, 7) is 3.31. The van der Waals surface area contributed by atoms with Crippen LogP contribution in [0.25, 0.3) is 0 Å². The monoisotopic (exact) mass is 223 g/mol. The number of hydrogen-bond donors (Lipinski definition) is 1. The van der Waals surface area contributed by atoms with Gasteiger partial charge in [0, 0.05) is 19.3 Å². The van der Waals surface area contributed by atoms with Gasteiger partial charge >= 0.3 is 0 Å². The van der Waals surface area contributed by atoms with E-state index < -0.39 is 0 Å². The third-order valence-electron chi connectivity index (χ3n) is 2.98. The average molecular weight is 223 g/mol. The Bertz CT molecular complexity index is 381. The second-order valence-electron chi connectivity index (χ2n) is 4.15. The molecule has 1 saturated heterocycles. The van der Waals surface area contributed by atoms with Gasteiger partial charge in [0.1, 0.15) is 0 Å². The lowest BCUT2D eigenvalue weighted by molar-refractivity contribution is 0.0624. The summed E-state index contributed by atoms with van der Waals surface area (Å²) in [5.74, 6) is -0.0545. The highest BCUT2D eigenvalue weighted by Gasteiger charge is 2.19. The Morgan fingerprint density at radius 2 is 2.50 bits per heavy atom. The van der Waals surface area contributed by atoms with Gasteiger partial charge in [0.25, 0.3) is 5.91 Å². The first kappa shape index (κ1) is 11.1. The quantitative estimate of drug-likeness (QED) is 0.800. The lowest BCUT2D eigenvalue weighted by Gasteiger charge is -2.22. The van der Waals surface area contributed by atoms with Gasteiger partial charge in [-0.25, -0.2) is 0 Å². The van der Waals surface area contributed by atoms with Crippen molar-refractivity contribution in [3.63, 3.8) is 0 Å². The van der Waals surface area contributed by atoms with E-state index in [0.29, 0.717) is 12.2 Å².